The normalized spacial score (nSPS) is 22.2. The summed E-state index contributed by atoms with van der Waals surface area (Å²) in [5.74, 6) is -1.09. The van der Waals surface area contributed by atoms with E-state index in [1.165, 1.54) is 6.07 Å². The third kappa shape index (κ3) is 3.47. The van der Waals surface area contributed by atoms with E-state index in [4.69, 9.17) is 5.11 Å². The van der Waals surface area contributed by atoms with E-state index >= 15 is 0 Å². The second-order valence-corrected chi connectivity index (χ2v) is 5.82. The molecule has 2 atom stereocenters. The van der Waals surface area contributed by atoms with Crippen LogP contribution in [0.25, 0.3) is 0 Å². The second kappa shape index (κ2) is 6.21. The van der Waals surface area contributed by atoms with Crippen LogP contribution in [-0.2, 0) is 4.79 Å². The molecule has 0 aromatic heterocycles. The van der Waals surface area contributed by atoms with Gasteiger partial charge in [0.15, 0.2) is 0 Å². The lowest BCUT2D eigenvalue weighted by Gasteiger charge is -2.28. The molecule has 1 saturated carbocycles. The van der Waals surface area contributed by atoms with Gasteiger partial charge in [-0.15, -0.1) is 0 Å². The van der Waals surface area contributed by atoms with Crippen molar-refractivity contribution in [2.24, 2.45) is 5.92 Å². The summed E-state index contributed by atoms with van der Waals surface area (Å²) in [5.41, 5.74) is 0.650. The number of benzene rings is 1. The van der Waals surface area contributed by atoms with Gasteiger partial charge in [-0.25, -0.2) is 0 Å². The maximum absolute atomic E-state index is 11.0. The monoisotopic (exact) mass is 342 g/mol. The number of nitro groups is 1. The molecule has 1 aromatic rings. The molecule has 0 bridgehead atoms. The molecule has 1 aliphatic carbocycles. The molecule has 0 heterocycles. The van der Waals surface area contributed by atoms with Gasteiger partial charge < -0.3 is 10.4 Å². The molecule has 108 valence electrons. The molecular weight excluding hydrogens is 328 g/mol. The fraction of sp³-hybridized carbons (Fsp3) is 0.462. The Morgan fingerprint density at radius 1 is 1.45 bits per heavy atom. The highest BCUT2D eigenvalue weighted by atomic mass is 79.9. The van der Waals surface area contributed by atoms with Gasteiger partial charge in [0.25, 0.3) is 5.69 Å². The molecule has 7 heteroatoms. The van der Waals surface area contributed by atoms with Crippen LogP contribution in [0.1, 0.15) is 25.7 Å². The minimum Gasteiger partial charge on any atom is -0.481 e. The van der Waals surface area contributed by atoms with Crippen molar-refractivity contribution in [2.75, 3.05) is 5.32 Å². The van der Waals surface area contributed by atoms with Crippen LogP contribution in [0.2, 0.25) is 0 Å². The van der Waals surface area contributed by atoms with E-state index in [1.807, 2.05) is 0 Å². The molecule has 0 amide bonds. The molecule has 0 spiro atoms. The Morgan fingerprint density at radius 2 is 2.20 bits per heavy atom. The summed E-state index contributed by atoms with van der Waals surface area (Å²) in [6, 6.07) is 4.89. The molecule has 0 radical (unpaired) electrons. The number of nitrogens with one attached hydrogen (secondary N) is 1. The Hall–Kier alpha value is -1.63. The first-order valence-corrected chi connectivity index (χ1v) is 7.20. The lowest BCUT2D eigenvalue weighted by Crippen LogP contribution is -2.30. The zero-order valence-electron chi connectivity index (χ0n) is 10.7. The average Bonchev–Trinajstić information content (AvgIpc) is 2.41. The summed E-state index contributed by atoms with van der Waals surface area (Å²) in [6.45, 7) is 0. The van der Waals surface area contributed by atoms with Crippen molar-refractivity contribution in [3.8, 4) is 0 Å². The number of anilines is 1. The number of carbonyl (C=O) groups is 1. The first-order valence-electron chi connectivity index (χ1n) is 6.40. The fourth-order valence-corrected chi connectivity index (χ4v) is 2.91. The first kappa shape index (κ1) is 14.8. The maximum Gasteiger partial charge on any atom is 0.306 e. The van der Waals surface area contributed by atoms with Crippen LogP contribution < -0.4 is 5.32 Å². The number of aliphatic carboxylic acids is 1. The van der Waals surface area contributed by atoms with Crippen LogP contribution in [0.3, 0.4) is 0 Å². The third-order valence-electron chi connectivity index (χ3n) is 3.54. The summed E-state index contributed by atoms with van der Waals surface area (Å²) >= 11 is 3.14. The summed E-state index contributed by atoms with van der Waals surface area (Å²) in [4.78, 5) is 21.4. The summed E-state index contributed by atoms with van der Waals surface area (Å²) in [7, 11) is 0. The van der Waals surface area contributed by atoms with Crippen molar-refractivity contribution in [3.63, 3.8) is 0 Å². The Kier molecular flexibility index (Phi) is 4.59. The van der Waals surface area contributed by atoms with E-state index in [2.05, 4.69) is 21.2 Å². The second-order valence-electron chi connectivity index (χ2n) is 4.97. The predicted molar refractivity (Wildman–Crippen MR) is 77.8 cm³/mol. The SMILES string of the molecule is O=C(O)C1CCCC(Nc2ccc(Br)c([N+](=O)[O-])c2)C1. The van der Waals surface area contributed by atoms with Gasteiger partial charge in [-0.2, -0.15) is 0 Å². The van der Waals surface area contributed by atoms with Crippen molar-refractivity contribution in [1.29, 1.82) is 0 Å². The molecule has 2 unspecified atom stereocenters. The average molecular weight is 343 g/mol. The number of carboxylic acid groups (broad SMARTS) is 1. The van der Waals surface area contributed by atoms with Crippen LogP contribution in [0.15, 0.2) is 22.7 Å². The molecule has 1 aromatic carbocycles. The van der Waals surface area contributed by atoms with Gasteiger partial charge in [0, 0.05) is 17.8 Å². The minimum atomic E-state index is -0.765. The molecule has 6 nitrogen and oxygen atoms in total. The van der Waals surface area contributed by atoms with Crippen LogP contribution >= 0.6 is 15.9 Å². The number of rotatable bonds is 4. The Bertz CT molecular complexity index is 535. The summed E-state index contributed by atoms with van der Waals surface area (Å²) < 4.78 is 0.431. The quantitative estimate of drug-likeness (QED) is 0.646. The lowest BCUT2D eigenvalue weighted by molar-refractivity contribution is -0.385. The Morgan fingerprint density at radius 3 is 2.85 bits per heavy atom. The molecule has 20 heavy (non-hydrogen) atoms. The third-order valence-corrected chi connectivity index (χ3v) is 4.21. The molecule has 0 saturated heterocycles. The predicted octanol–water partition coefficient (Wildman–Crippen LogP) is 3.41. The summed E-state index contributed by atoms with van der Waals surface area (Å²) in [5, 5.41) is 23.1. The number of hydrogen-bond acceptors (Lipinski definition) is 4. The largest absolute Gasteiger partial charge is 0.481 e. The number of nitro benzene ring substituents is 1. The molecule has 2 rings (SSSR count). The van der Waals surface area contributed by atoms with Crippen LogP contribution in [0.5, 0.6) is 0 Å². The Labute approximate surface area is 124 Å². The van der Waals surface area contributed by atoms with E-state index in [1.54, 1.807) is 12.1 Å². The van der Waals surface area contributed by atoms with Gasteiger partial charge in [0.05, 0.1) is 15.3 Å². The highest BCUT2D eigenvalue weighted by Crippen LogP contribution is 2.31. The van der Waals surface area contributed by atoms with Crippen molar-refractivity contribution < 1.29 is 14.8 Å². The van der Waals surface area contributed by atoms with Gasteiger partial charge >= 0.3 is 5.97 Å². The lowest BCUT2D eigenvalue weighted by atomic mass is 9.85. The number of halogens is 1. The number of carboxylic acids is 1. The summed E-state index contributed by atoms with van der Waals surface area (Å²) in [6.07, 6.45) is 2.99. The van der Waals surface area contributed by atoms with E-state index in [0.29, 0.717) is 23.0 Å². The molecular formula is C13H15BrN2O4. The van der Waals surface area contributed by atoms with Crippen molar-refractivity contribution in [3.05, 3.63) is 32.8 Å². The molecule has 2 N–H and O–H groups in total. The Balaban J connectivity index is 2.08. The fourth-order valence-electron chi connectivity index (χ4n) is 2.52. The van der Waals surface area contributed by atoms with Crippen LogP contribution in [0.4, 0.5) is 11.4 Å². The van der Waals surface area contributed by atoms with Gasteiger partial charge in [-0.3, -0.25) is 14.9 Å². The topological polar surface area (TPSA) is 92.5 Å². The van der Waals surface area contributed by atoms with Gasteiger partial charge in [-0.05, 0) is 47.3 Å². The van der Waals surface area contributed by atoms with Crippen LogP contribution in [-0.4, -0.2) is 22.0 Å². The van der Waals surface area contributed by atoms with Crippen molar-refractivity contribution in [1.82, 2.24) is 0 Å². The van der Waals surface area contributed by atoms with Crippen molar-refractivity contribution >= 4 is 33.3 Å². The highest BCUT2D eigenvalue weighted by molar-refractivity contribution is 9.10. The van der Waals surface area contributed by atoms with Crippen LogP contribution in [0, 0.1) is 16.0 Å². The number of hydrogen-bond donors (Lipinski definition) is 2. The van der Waals surface area contributed by atoms with E-state index in [-0.39, 0.29) is 17.6 Å². The maximum atomic E-state index is 11.0. The van der Waals surface area contributed by atoms with Crippen molar-refractivity contribution in [2.45, 2.75) is 31.7 Å². The van der Waals surface area contributed by atoms with Gasteiger partial charge in [0.1, 0.15) is 0 Å². The highest BCUT2D eigenvalue weighted by Gasteiger charge is 2.27. The smallest absolute Gasteiger partial charge is 0.306 e. The van der Waals surface area contributed by atoms with E-state index in [0.717, 1.165) is 12.8 Å². The number of nitrogens with zero attached hydrogens (tertiary/aromatic N) is 1. The first-order chi connectivity index (χ1) is 9.47. The molecule has 0 aliphatic heterocycles. The van der Waals surface area contributed by atoms with Gasteiger partial charge in [0.2, 0.25) is 0 Å². The zero-order chi connectivity index (χ0) is 14.7. The zero-order valence-corrected chi connectivity index (χ0v) is 12.3. The molecule has 1 fully saturated rings. The van der Waals surface area contributed by atoms with E-state index in [9.17, 15) is 14.9 Å². The minimum absolute atomic E-state index is 0.000550. The standard InChI is InChI=1S/C13H15BrN2O4/c14-11-5-4-10(7-12(11)16(19)20)15-9-3-1-2-8(6-9)13(17)18/h4-5,7-9,15H,1-3,6H2,(H,17,18). The van der Waals surface area contributed by atoms with Gasteiger partial charge in [-0.1, -0.05) is 6.42 Å². The molecule has 1 aliphatic rings. The van der Waals surface area contributed by atoms with E-state index < -0.39 is 10.9 Å².